The minimum Gasteiger partial charge on any atom is -0.360 e. The highest BCUT2D eigenvalue weighted by Gasteiger charge is 1.99. The van der Waals surface area contributed by atoms with Gasteiger partial charge in [0.05, 0.1) is 11.4 Å². The van der Waals surface area contributed by atoms with Crippen LogP contribution in [0.2, 0.25) is 0 Å². The minimum atomic E-state index is 0.311. The lowest BCUT2D eigenvalue weighted by atomic mass is 10.3. The number of hydrogen-bond donors (Lipinski definition) is 3. The number of H-pyrrole nitrogens is 1. The molecule has 0 saturated heterocycles. The summed E-state index contributed by atoms with van der Waals surface area (Å²) in [6, 6.07) is 4.20. The molecule has 0 fully saturated rings. The molecule has 4 nitrogen and oxygen atoms in total. The largest absolute Gasteiger partial charge is 0.360 e. The van der Waals surface area contributed by atoms with Gasteiger partial charge in [0.15, 0.2) is 5.11 Å². The summed E-state index contributed by atoms with van der Waals surface area (Å²) in [5.41, 5.74) is 4.64. The van der Waals surface area contributed by atoms with Crippen molar-refractivity contribution < 1.29 is 0 Å². The Morgan fingerprint density at radius 1 is 1.53 bits per heavy atom. The van der Waals surface area contributed by atoms with Crippen LogP contribution in [0.1, 0.15) is 26.5 Å². The second-order valence-electron chi connectivity index (χ2n) is 3.52. The predicted molar refractivity (Wildman–Crippen MR) is 67.0 cm³/mol. The monoisotopic (exact) mass is 224 g/mol. The highest BCUT2D eigenvalue weighted by molar-refractivity contribution is 7.80. The summed E-state index contributed by atoms with van der Waals surface area (Å²) < 4.78 is 0. The molecule has 0 saturated carbocycles. The highest BCUT2D eigenvalue weighted by atomic mass is 32.1. The molecule has 5 heteroatoms. The number of aromatic amines is 1. The van der Waals surface area contributed by atoms with E-state index in [1.165, 1.54) is 0 Å². The van der Waals surface area contributed by atoms with Gasteiger partial charge in [0.2, 0.25) is 0 Å². The Labute approximate surface area is 95.2 Å². The van der Waals surface area contributed by atoms with E-state index in [0.29, 0.717) is 11.2 Å². The molecule has 0 aliphatic carbocycles. The van der Waals surface area contributed by atoms with E-state index in [-0.39, 0.29) is 0 Å². The van der Waals surface area contributed by atoms with E-state index in [9.17, 15) is 0 Å². The first-order valence-corrected chi connectivity index (χ1v) is 5.25. The fourth-order valence-electron chi connectivity index (χ4n) is 1.04. The van der Waals surface area contributed by atoms with Crippen molar-refractivity contribution in [3.8, 4) is 0 Å². The van der Waals surface area contributed by atoms with Crippen LogP contribution in [0.25, 0.3) is 0 Å². The van der Waals surface area contributed by atoms with Gasteiger partial charge in [-0.1, -0.05) is 0 Å². The molecule has 0 radical (unpaired) electrons. The summed E-state index contributed by atoms with van der Waals surface area (Å²) in [7, 11) is 0. The van der Waals surface area contributed by atoms with Crippen molar-refractivity contribution in [3.05, 3.63) is 24.0 Å². The Hall–Kier alpha value is -1.36. The Kier molecular flexibility index (Phi) is 4.30. The Morgan fingerprint density at radius 2 is 2.27 bits per heavy atom. The maximum Gasteiger partial charge on any atom is 0.187 e. The summed E-state index contributed by atoms with van der Waals surface area (Å²) in [4.78, 5) is 3.07. The molecule has 82 valence electrons. The van der Waals surface area contributed by atoms with Gasteiger partial charge in [-0.2, -0.15) is 5.10 Å². The van der Waals surface area contributed by atoms with Crippen LogP contribution >= 0.6 is 12.2 Å². The van der Waals surface area contributed by atoms with Crippen LogP contribution in [0.5, 0.6) is 0 Å². The van der Waals surface area contributed by atoms with Crippen LogP contribution < -0.4 is 10.7 Å². The average Bonchev–Trinajstić information content (AvgIpc) is 2.65. The molecule has 3 N–H and O–H groups in total. The molecule has 1 rings (SSSR count). The zero-order valence-corrected chi connectivity index (χ0v) is 9.98. The normalized spacial score (nSPS) is 11.6. The lowest BCUT2D eigenvalue weighted by Gasteiger charge is -2.10. The van der Waals surface area contributed by atoms with E-state index < -0.39 is 0 Å². The number of hydrazone groups is 1. The summed E-state index contributed by atoms with van der Waals surface area (Å²) in [6.07, 6.45) is 1.86. The number of aromatic nitrogens is 1. The van der Waals surface area contributed by atoms with Gasteiger partial charge in [-0.05, 0) is 45.1 Å². The zero-order valence-electron chi connectivity index (χ0n) is 9.16. The van der Waals surface area contributed by atoms with Crippen molar-refractivity contribution in [1.82, 2.24) is 15.7 Å². The summed E-state index contributed by atoms with van der Waals surface area (Å²) in [5.74, 6) is 0. The van der Waals surface area contributed by atoms with Gasteiger partial charge in [0, 0.05) is 12.2 Å². The van der Waals surface area contributed by atoms with Crippen molar-refractivity contribution in [2.45, 2.75) is 26.8 Å². The fourth-order valence-corrected chi connectivity index (χ4v) is 1.33. The first-order valence-electron chi connectivity index (χ1n) is 4.84. The van der Waals surface area contributed by atoms with Gasteiger partial charge in [-0.15, -0.1) is 0 Å². The molecule has 0 aromatic carbocycles. The number of nitrogens with zero attached hydrogens (tertiary/aromatic N) is 1. The Morgan fingerprint density at radius 3 is 2.80 bits per heavy atom. The maximum absolute atomic E-state index is 5.04. The summed E-state index contributed by atoms with van der Waals surface area (Å²) >= 11 is 5.04. The molecule has 0 unspecified atom stereocenters. The lowest BCUT2D eigenvalue weighted by Crippen LogP contribution is -2.37. The third-order valence-electron chi connectivity index (χ3n) is 1.73. The first kappa shape index (κ1) is 11.7. The van der Waals surface area contributed by atoms with Crippen molar-refractivity contribution >= 4 is 23.0 Å². The van der Waals surface area contributed by atoms with E-state index >= 15 is 0 Å². The Bertz CT molecular complexity index is 340. The van der Waals surface area contributed by atoms with Gasteiger partial charge < -0.3 is 10.3 Å². The maximum atomic E-state index is 5.04. The van der Waals surface area contributed by atoms with E-state index in [1.54, 1.807) is 0 Å². The van der Waals surface area contributed by atoms with Gasteiger partial charge in [-0.25, -0.2) is 0 Å². The molecule has 0 bridgehead atoms. The number of rotatable bonds is 3. The van der Waals surface area contributed by atoms with Crippen LogP contribution in [-0.2, 0) is 0 Å². The molecular formula is C10H16N4S. The average molecular weight is 224 g/mol. The topological polar surface area (TPSA) is 52.2 Å². The second kappa shape index (κ2) is 5.50. The van der Waals surface area contributed by atoms with Crippen LogP contribution in [0.15, 0.2) is 23.4 Å². The Balaban J connectivity index is 2.48. The van der Waals surface area contributed by atoms with E-state index in [4.69, 9.17) is 12.2 Å². The quantitative estimate of drug-likeness (QED) is 0.415. The van der Waals surface area contributed by atoms with Crippen molar-refractivity contribution in [1.29, 1.82) is 0 Å². The SMILES string of the molecule is C/C(=N/NC(=S)NC(C)C)c1ccc[nH]1. The molecule has 1 aromatic rings. The van der Waals surface area contributed by atoms with E-state index in [1.807, 2.05) is 39.1 Å². The van der Waals surface area contributed by atoms with Crippen molar-refractivity contribution in [2.75, 3.05) is 0 Å². The smallest absolute Gasteiger partial charge is 0.187 e. The minimum absolute atomic E-state index is 0.311. The molecule has 0 aliphatic heterocycles. The van der Waals surface area contributed by atoms with Gasteiger partial charge in [-0.3, -0.25) is 5.43 Å². The molecule has 1 aromatic heterocycles. The molecule has 0 spiro atoms. The van der Waals surface area contributed by atoms with Gasteiger partial charge >= 0.3 is 0 Å². The first-order chi connectivity index (χ1) is 7.09. The number of thiocarbonyl (C=S) groups is 1. The summed E-state index contributed by atoms with van der Waals surface area (Å²) in [6.45, 7) is 5.96. The predicted octanol–water partition coefficient (Wildman–Crippen LogP) is 1.61. The fraction of sp³-hybridized carbons (Fsp3) is 0.400. The third kappa shape index (κ3) is 4.12. The van der Waals surface area contributed by atoms with Crippen LogP contribution in [0.4, 0.5) is 0 Å². The zero-order chi connectivity index (χ0) is 11.3. The van der Waals surface area contributed by atoms with Crippen LogP contribution in [0.3, 0.4) is 0 Å². The van der Waals surface area contributed by atoms with Crippen molar-refractivity contribution in [3.63, 3.8) is 0 Å². The van der Waals surface area contributed by atoms with Gasteiger partial charge in [0.1, 0.15) is 0 Å². The van der Waals surface area contributed by atoms with Crippen molar-refractivity contribution in [2.24, 2.45) is 5.10 Å². The van der Waals surface area contributed by atoms with E-state index in [0.717, 1.165) is 11.4 Å². The second-order valence-corrected chi connectivity index (χ2v) is 3.93. The standard InChI is InChI=1S/C10H16N4S/c1-7(2)12-10(15)14-13-8(3)9-5-4-6-11-9/h4-7,11H,1-3H3,(H2,12,14,15)/b13-8-. The highest BCUT2D eigenvalue weighted by Crippen LogP contribution is 1.95. The molecule has 15 heavy (non-hydrogen) atoms. The van der Waals surface area contributed by atoms with Gasteiger partial charge in [0.25, 0.3) is 0 Å². The van der Waals surface area contributed by atoms with E-state index in [2.05, 4.69) is 20.8 Å². The van der Waals surface area contributed by atoms with Crippen LogP contribution in [0, 0.1) is 0 Å². The lowest BCUT2D eigenvalue weighted by molar-refractivity contribution is 0.719. The molecule has 0 aliphatic rings. The van der Waals surface area contributed by atoms with Crippen LogP contribution in [-0.4, -0.2) is 21.8 Å². The summed E-state index contributed by atoms with van der Waals surface area (Å²) in [5, 5.41) is 7.74. The number of hydrogen-bond acceptors (Lipinski definition) is 2. The number of nitrogens with one attached hydrogen (secondary N) is 3. The molecular weight excluding hydrogens is 208 g/mol. The molecule has 1 heterocycles. The third-order valence-corrected chi connectivity index (χ3v) is 1.94. The molecule has 0 atom stereocenters. The molecule has 0 amide bonds.